The molecule has 1 heterocycles. The van der Waals surface area contributed by atoms with Crippen LogP contribution in [0.2, 0.25) is 0 Å². The normalized spacial score (nSPS) is 19.9. The summed E-state index contributed by atoms with van der Waals surface area (Å²) in [5, 5.41) is 8.96. The first-order valence-corrected chi connectivity index (χ1v) is 9.38. The minimum Gasteiger partial charge on any atom is -0.478 e. The third-order valence-electron chi connectivity index (χ3n) is 4.37. The summed E-state index contributed by atoms with van der Waals surface area (Å²) in [7, 11) is -3.41. The van der Waals surface area contributed by atoms with Crippen LogP contribution in [0.3, 0.4) is 0 Å². The summed E-state index contributed by atoms with van der Waals surface area (Å²) in [5.41, 5.74) is 1.24. The minimum absolute atomic E-state index is 0.108. The van der Waals surface area contributed by atoms with Gasteiger partial charge in [0.2, 0.25) is 0 Å². The lowest BCUT2D eigenvalue weighted by molar-refractivity contribution is 0.0697. The van der Waals surface area contributed by atoms with Crippen LogP contribution in [-0.4, -0.2) is 54.3 Å². The van der Waals surface area contributed by atoms with Gasteiger partial charge in [-0.3, -0.25) is 0 Å². The maximum absolute atomic E-state index is 12.6. The van der Waals surface area contributed by atoms with Crippen LogP contribution in [0.1, 0.15) is 48.5 Å². The van der Waals surface area contributed by atoms with Gasteiger partial charge in [-0.15, -0.1) is 0 Å². The molecule has 1 aromatic rings. The lowest BCUT2D eigenvalue weighted by Gasteiger charge is -2.35. The molecule has 0 radical (unpaired) electrons. The maximum Gasteiger partial charge on any atom is 0.335 e. The number of benzene rings is 1. The number of aromatic carboxylic acids is 1. The van der Waals surface area contributed by atoms with Crippen molar-refractivity contribution in [3.8, 4) is 0 Å². The summed E-state index contributed by atoms with van der Waals surface area (Å²) in [4.78, 5) is 10.9. The Morgan fingerprint density at radius 3 is 2.39 bits per heavy atom. The molecule has 1 fully saturated rings. The van der Waals surface area contributed by atoms with Crippen molar-refractivity contribution < 1.29 is 18.3 Å². The third-order valence-corrected chi connectivity index (χ3v) is 6.52. The zero-order chi connectivity index (χ0) is 17.0. The van der Waals surface area contributed by atoms with Gasteiger partial charge in [0.15, 0.2) is 0 Å². The van der Waals surface area contributed by atoms with Gasteiger partial charge in [-0.25, -0.2) is 4.79 Å². The summed E-state index contributed by atoms with van der Waals surface area (Å²) >= 11 is 0. The quantitative estimate of drug-likeness (QED) is 0.861. The van der Waals surface area contributed by atoms with Crippen molar-refractivity contribution in [3.05, 3.63) is 35.4 Å². The molecule has 6 nitrogen and oxygen atoms in total. The van der Waals surface area contributed by atoms with Gasteiger partial charge < -0.3 is 5.11 Å². The van der Waals surface area contributed by atoms with Crippen LogP contribution in [0.25, 0.3) is 0 Å². The molecule has 0 amide bonds. The fraction of sp³-hybridized carbons (Fsp3) is 0.562. The molecule has 2 rings (SSSR count). The standard InChI is InChI=1S/C16H24N2O4S/c1-3-17(4-2)23(21,22)18-11-5-6-15(12-18)13-7-9-14(10-8-13)16(19)20/h7-10,15H,3-6,11-12H2,1-2H3,(H,19,20)/t15-/m0/s1. The number of nitrogens with zero attached hydrogens (tertiary/aromatic N) is 2. The predicted octanol–water partition coefficient (Wildman–Crippen LogP) is 2.15. The Morgan fingerprint density at radius 2 is 1.87 bits per heavy atom. The van der Waals surface area contributed by atoms with Gasteiger partial charge in [0.25, 0.3) is 10.2 Å². The van der Waals surface area contributed by atoms with Crippen molar-refractivity contribution in [3.63, 3.8) is 0 Å². The van der Waals surface area contributed by atoms with E-state index >= 15 is 0 Å². The van der Waals surface area contributed by atoms with Crippen molar-refractivity contribution in [1.29, 1.82) is 0 Å². The van der Waals surface area contributed by atoms with E-state index in [2.05, 4.69) is 0 Å². The number of hydrogen-bond acceptors (Lipinski definition) is 3. The second-order valence-corrected chi connectivity index (χ2v) is 7.64. The molecule has 0 saturated carbocycles. The summed E-state index contributed by atoms with van der Waals surface area (Å²) < 4.78 is 28.3. The van der Waals surface area contributed by atoms with Crippen LogP contribution < -0.4 is 0 Å². The zero-order valence-electron chi connectivity index (χ0n) is 13.6. The highest BCUT2D eigenvalue weighted by molar-refractivity contribution is 7.86. The number of piperidine rings is 1. The molecular formula is C16H24N2O4S. The van der Waals surface area contributed by atoms with Gasteiger partial charge in [-0.2, -0.15) is 17.0 Å². The first kappa shape index (κ1) is 17.9. The largest absolute Gasteiger partial charge is 0.478 e. The maximum atomic E-state index is 12.6. The Bertz CT molecular complexity index is 639. The molecular weight excluding hydrogens is 316 g/mol. The van der Waals surface area contributed by atoms with Crippen LogP contribution in [-0.2, 0) is 10.2 Å². The van der Waals surface area contributed by atoms with E-state index in [0.29, 0.717) is 26.2 Å². The summed E-state index contributed by atoms with van der Waals surface area (Å²) in [6, 6.07) is 6.74. The third kappa shape index (κ3) is 3.91. The fourth-order valence-corrected chi connectivity index (χ4v) is 4.74. The molecule has 0 unspecified atom stereocenters. The van der Waals surface area contributed by atoms with Gasteiger partial charge in [0, 0.05) is 26.2 Å². The van der Waals surface area contributed by atoms with E-state index in [1.54, 1.807) is 28.6 Å². The van der Waals surface area contributed by atoms with Crippen molar-refractivity contribution in [2.24, 2.45) is 0 Å². The van der Waals surface area contributed by atoms with E-state index in [4.69, 9.17) is 5.11 Å². The Labute approximate surface area is 137 Å². The second-order valence-electron chi connectivity index (χ2n) is 5.72. The molecule has 0 aliphatic carbocycles. The van der Waals surface area contributed by atoms with Gasteiger partial charge in [0.1, 0.15) is 0 Å². The fourth-order valence-electron chi connectivity index (χ4n) is 3.04. The highest BCUT2D eigenvalue weighted by Crippen LogP contribution is 2.29. The number of carbonyl (C=O) groups is 1. The minimum atomic E-state index is -3.41. The van der Waals surface area contributed by atoms with Crippen LogP contribution in [0.15, 0.2) is 24.3 Å². The lowest BCUT2D eigenvalue weighted by atomic mass is 9.91. The zero-order valence-corrected chi connectivity index (χ0v) is 14.4. The van der Waals surface area contributed by atoms with E-state index in [1.165, 1.54) is 4.31 Å². The molecule has 1 N–H and O–H groups in total. The second kappa shape index (κ2) is 7.42. The molecule has 128 valence electrons. The Morgan fingerprint density at radius 1 is 1.26 bits per heavy atom. The molecule has 0 bridgehead atoms. The molecule has 1 aliphatic rings. The summed E-state index contributed by atoms with van der Waals surface area (Å²) in [6.07, 6.45) is 1.72. The first-order chi connectivity index (χ1) is 10.9. The molecule has 1 atom stereocenters. The first-order valence-electron chi connectivity index (χ1n) is 7.98. The number of carboxylic acids is 1. The van der Waals surface area contributed by atoms with E-state index in [-0.39, 0.29) is 11.5 Å². The Kier molecular flexibility index (Phi) is 5.78. The molecule has 1 aliphatic heterocycles. The lowest BCUT2D eigenvalue weighted by Crippen LogP contribution is -2.47. The van der Waals surface area contributed by atoms with Crippen molar-refractivity contribution in [1.82, 2.24) is 8.61 Å². The molecule has 1 aromatic carbocycles. The SMILES string of the molecule is CCN(CC)S(=O)(=O)N1CCC[C@H](c2ccc(C(=O)O)cc2)C1. The number of rotatable bonds is 6. The van der Waals surface area contributed by atoms with Crippen LogP contribution >= 0.6 is 0 Å². The van der Waals surface area contributed by atoms with Crippen molar-refractivity contribution >= 4 is 16.2 Å². The number of hydrogen-bond donors (Lipinski definition) is 1. The van der Waals surface area contributed by atoms with Gasteiger partial charge in [-0.1, -0.05) is 26.0 Å². The Balaban J connectivity index is 2.16. The van der Waals surface area contributed by atoms with E-state index in [0.717, 1.165) is 18.4 Å². The van der Waals surface area contributed by atoms with Crippen LogP contribution in [0, 0.1) is 0 Å². The van der Waals surface area contributed by atoms with E-state index in [1.807, 2.05) is 13.8 Å². The smallest absolute Gasteiger partial charge is 0.335 e. The Hall–Kier alpha value is -1.44. The van der Waals surface area contributed by atoms with Gasteiger partial charge in [-0.05, 0) is 36.5 Å². The average molecular weight is 340 g/mol. The molecule has 23 heavy (non-hydrogen) atoms. The summed E-state index contributed by atoms with van der Waals surface area (Å²) in [5.74, 6) is -0.845. The van der Waals surface area contributed by atoms with Gasteiger partial charge in [0.05, 0.1) is 5.56 Å². The topological polar surface area (TPSA) is 77.9 Å². The predicted molar refractivity (Wildman–Crippen MR) is 88.8 cm³/mol. The monoisotopic (exact) mass is 340 g/mol. The average Bonchev–Trinajstić information content (AvgIpc) is 2.56. The van der Waals surface area contributed by atoms with E-state index in [9.17, 15) is 13.2 Å². The highest BCUT2D eigenvalue weighted by Gasteiger charge is 2.32. The molecule has 0 spiro atoms. The van der Waals surface area contributed by atoms with Gasteiger partial charge >= 0.3 is 5.97 Å². The number of carboxylic acid groups (broad SMARTS) is 1. The van der Waals surface area contributed by atoms with Crippen LogP contribution in [0.4, 0.5) is 0 Å². The van der Waals surface area contributed by atoms with Crippen LogP contribution in [0.5, 0.6) is 0 Å². The molecule has 1 saturated heterocycles. The summed E-state index contributed by atoms with van der Waals surface area (Å²) in [6.45, 7) is 5.61. The molecule has 0 aromatic heterocycles. The van der Waals surface area contributed by atoms with E-state index < -0.39 is 16.2 Å². The highest BCUT2D eigenvalue weighted by atomic mass is 32.2. The van der Waals surface area contributed by atoms with Crippen molar-refractivity contribution in [2.75, 3.05) is 26.2 Å². The molecule has 7 heteroatoms. The van der Waals surface area contributed by atoms with Crippen molar-refractivity contribution in [2.45, 2.75) is 32.6 Å².